The molecule has 1 aliphatic heterocycles. The molecule has 0 saturated carbocycles. The first-order valence-electron chi connectivity index (χ1n) is 9.72. The van der Waals surface area contributed by atoms with E-state index in [1.165, 1.54) is 23.8 Å². The topological polar surface area (TPSA) is 61.9 Å². The van der Waals surface area contributed by atoms with Gasteiger partial charge in [-0.2, -0.15) is 0 Å². The van der Waals surface area contributed by atoms with Crippen LogP contribution in [0.25, 0.3) is 0 Å². The maximum atomic E-state index is 13.2. The lowest BCUT2D eigenvalue weighted by Gasteiger charge is -2.22. The van der Waals surface area contributed by atoms with E-state index in [2.05, 4.69) is 22.3 Å². The molecular formula is C22H26FN3O3. The van der Waals surface area contributed by atoms with E-state index in [0.717, 1.165) is 37.9 Å². The molecule has 0 atom stereocenters. The van der Waals surface area contributed by atoms with Crippen molar-refractivity contribution in [2.45, 2.75) is 13.0 Å². The number of carbonyl (C=O) groups excluding carboxylic acids is 2. The molecular weight excluding hydrogens is 373 g/mol. The largest absolute Gasteiger partial charge is 0.497 e. The van der Waals surface area contributed by atoms with Crippen LogP contribution in [0, 0.1) is 5.82 Å². The van der Waals surface area contributed by atoms with Gasteiger partial charge in [-0.3, -0.25) is 14.5 Å². The van der Waals surface area contributed by atoms with Crippen molar-refractivity contribution in [1.82, 2.24) is 15.1 Å². The Labute approximate surface area is 170 Å². The predicted octanol–water partition coefficient (Wildman–Crippen LogP) is 2.30. The number of halogens is 1. The Morgan fingerprint density at radius 1 is 1.07 bits per heavy atom. The molecule has 29 heavy (non-hydrogen) atoms. The summed E-state index contributed by atoms with van der Waals surface area (Å²) in [6.07, 6.45) is 0.875. The Morgan fingerprint density at radius 3 is 2.59 bits per heavy atom. The maximum Gasteiger partial charge on any atom is 0.251 e. The van der Waals surface area contributed by atoms with Gasteiger partial charge in [0.1, 0.15) is 11.6 Å². The van der Waals surface area contributed by atoms with Gasteiger partial charge in [-0.1, -0.05) is 18.2 Å². The van der Waals surface area contributed by atoms with Crippen LogP contribution in [0.2, 0.25) is 0 Å². The van der Waals surface area contributed by atoms with Gasteiger partial charge in [-0.15, -0.1) is 0 Å². The monoisotopic (exact) mass is 399 g/mol. The highest BCUT2D eigenvalue weighted by molar-refractivity contribution is 5.96. The molecule has 7 heteroatoms. The summed E-state index contributed by atoms with van der Waals surface area (Å²) in [4.78, 5) is 28.7. The normalized spacial score (nSPS) is 14.9. The molecule has 6 nitrogen and oxygen atoms in total. The van der Waals surface area contributed by atoms with E-state index in [1.54, 1.807) is 12.0 Å². The van der Waals surface area contributed by atoms with Crippen LogP contribution in [-0.2, 0) is 11.3 Å². The lowest BCUT2D eigenvalue weighted by molar-refractivity contribution is -0.130. The van der Waals surface area contributed by atoms with Crippen molar-refractivity contribution in [3.63, 3.8) is 0 Å². The molecule has 2 aromatic carbocycles. The van der Waals surface area contributed by atoms with Crippen LogP contribution in [0.15, 0.2) is 48.5 Å². The fourth-order valence-corrected chi connectivity index (χ4v) is 3.37. The van der Waals surface area contributed by atoms with Crippen LogP contribution in [0.1, 0.15) is 22.3 Å². The number of rotatable bonds is 6. The van der Waals surface area contributed by atoms with Crippen LogP contribution in [0.4, 0.5) is 4.39 Å². The summed E-state index contributed by atoms with van der Waals surface area (Å²) in [5.41, 5.74) is 1.41. The second kappa shape index (κ2) is 10.0. The number of hydrogen-bond acceptors (Lipinski definition) is 4. The van der Waals surface area contributed by atoms with Gasteiger partial charge < -0.3 is 15.0 Å². The number of methoxy groups -OCH3 is 1. The van der Waals surface area contributed by atoms with Gasteiger partial charge >= 0.3 is 0 Å². The van der Waals surface area contributed by atoms with Crippen molar-refractivity contribution in [3.8, 4) is 5.75 Å². The molecule has 0 bridgehead atoms. The van der Waals surface area contributed by atoms with Gasteiger partial charge in [0.25, 0.3) is 5.91 Å². The molecule has 2 amide bonds. The van der Waals surface area contributed by atoms with Crippen molar-refractivity contribution < 1.29 is 18.7 Å². The SMILES string of the molecule is COc1ccc(CN2CCCN(C(=O)CNC(=O)c3cccc(F)c3)CC2)cc1. The third-order valence-corrected chi connectivity index (χ3v) is 4.99. The zero-order valence-corrected chi connectivity index (χ0v) is 16.6. The number of hydrogen-bond donors (Lipinski definition) is 1. The van der Waals surface area contributed by atoms with Crippen LogP contribution in [0.3, 0.4) is 0 Å². The van der Waals surface area contributed by atoms with E-state index in [9.17, 15) is 14.0 Å². The van der Waals surface area contributed by atoms with Crippen molar-refractivity contribution >= 4 is 11.8 Å². The smallest absolute Gasteiger partial charge is 0.251 e. The van der Waals surface area contributed by atoms with Gasteiger partial charge in [0.2, 0.25) is 5.91 Å². The molecule has 2 aromatic rings. The molecule has 0 spiro atoms. The summed E-state index contributed by atoms with van der Waals surface area (Å²) in [7, 11) is 1.65. The Hall–Kier alpha value is -2.93. The third-order valence-electron chi connectivity index (χ3n) is 4.99. The molecule has 0 radical (unpaired) electrons. The number of nitrogens with zero attached hydrogens (tertiary/aromatic N) is 2. The number of carbonyl (C=O) groups is 2. The number of amides is 2. The molecule has 0 aliphatic carbocycles. The predicted molar refractivity (Wildman–Crippen MR) is 108 cm³/mol. The lowest BCUT2D eigenvalue weighted by Crippen LogP contribution is -2.42. The summed E-state index contributed by atoms with van der Waals surface area (Å²) >= 11 is 0. The van der Waals surface area contributed by atoms with Gasteiger partial charge in [0.05, 0.1) is 13.7 Å². The zero-order chi connectivity index (χ0) is 20.6. The first-order chi connectivity index (χ1) is 14.0. The van der Waals surface area contributed by atoms with Crippen molar-refractivity contribution in [2.24, 2.45) is 0 Å². The molecule has 1 fully saturated rings. The van der Waals surface area contributed by atoms with E-state index in [1.807, 2.05) is 12.1 Å². The number of nitrogens with one attached hydrogen (secondary N) is 1. The van der Waals surface area contributed by atoms with E-state index >= 15 is 0 Å². The van der Waals surface area contributed by atoms with E-state index < -0.39 is 11.7 Å². The fraction of sp³-hybridized carbons (Fsp3) is 0.364. The molecule has 0 unspecified atom stereocenters. The lowest BCUT2D eigenvalue weighted by atomic mass is 10.2. The molecule has 154 valence electrons. The van der Waals surface area contributed by atoms with E-state index in [4.69, 9.17) is 4.74 Å². The van der Waals surface area contributed by atoms with Crippen LogP contribution < -0.4 is 10.1 Å². The highest BCUT2D eigenvalue weighted by Gasteiger charge is 2.20. The molecule has 1 saturated heterocycles. The summed E-state index contributed by atoms with van der Waals surface area (Å²) in [5, 5.41) is 2.58. The standard InChI is InChI=1S/C22H26FN3O3/c1-29-20-8-6-17(7-9-20)16-25-10-3-11-26(13-12-25)21(27)15-24-22(28)18-4-2-5-19(23)14-18/h2,4-9,14H,3,10-13,15-16H2,1H3,(H,24,28). The minimum absolute atomic E-state index is 0.0895. The number of ether oxygens (including phenoxy) is 1. The third kappa shape index (κ3) is 6.02. The second-order valence-corrected chi connectivity index (χ2v) is 7.05. The Bertz CT molecular complexity index is 841. The quantitative estimate of drug-likeness (QED) is 0.810. The van der Waals surface area contributed by atoms with Crippen molar-refractivity contribution in [3.05, 3.63) is 65.5 Å². The van der Waals surface area contributed by atoms with Gasteiger partial charge in [-0.25, -0.2) is 4.39 Å². The van der Waals surface area contributed by atoms with Crippen LogP contribution in [-0.4, -0.2) is 61.4 Å². The van der Waals surface area contributed by atoms with Crippen molar-refractivity contribution in [2.75, 3.05) is 39.8 Å². The molecule has 1 heterocycles. The maximum absolute atomic E-state index is 13.2. The van der Waals surface area contributed by atoms with Crippen LogP contribution in [0.5, 0.6) is 5.75 Å². The minimum Gasteiger partial charge on any atom is -0.497 e. The van der Waals surface area contributed by atoms with Gasteiger partial charge in [0, 0.05) is 38.3 Å². The van der Waals surface area contributed by atoms with Crippen molar-refractivity contribution in [1.29, 1.82) is 0 Å². The molecule has 1 N–H and O–H groups in total. The summed E-state index contributed by atoms with van der Waals surface area (Å²) in [5.74, 6) is -0.218. The summed E-state index contributed by atoms with van der Waals surface area (Å²) < 4.78 is 18.4. The van der Waals surface area contributed by atoms with E-state index in [-0.39, 0.29) is 18.0 Å². The van der Waals surface area contributed by atoms with Crippen LogP contribution >= 0.6 is 0 Å². The Balaban J connectivity index is 1.46. The first-order valence-corrected chi connectivity index (χ1v) is 9.72. The summed E-state index contributed by atoms with van der Waals surface area (Å²) in [6, 6.07) is 13.4. The van der Waals surface area contributed by atoms with Gasteiger partial charge in [-0.05, 0) is 42.3 Å². The average molecular weight is 399 g/mol. The zero-order valence-electron chi connectivity index (χ0n) is 16.6. The molecule has 3 rings (SSSR count). The van der Waals surface area contributed by atoms with E-state index in [0.29, 0.717) is 13.1 Å². The number of benzene rings is 2. The highest BCUT2D eigenvalue weighted by atomic mass is 19.1. The first kappa shape index (κ1) is 20.8. The average Bonchev–Trinajstić information content (AvgIpc) is 2.98. The summed E-state index contributed by atoms with van der Waals surface area (Å²) in [6.45, 7) is 3.69. The molecule has 1 aliphatic rings. The van der Waals surface area contributed by atoms with Gasteiger partial charge in [0.15, 0.2) is 0 Å². The fourth-order valence-electron chi connectivity index (χ4n) is 3.37. The Kier molecular flexibility index (Phi) is 7.19. The minimum atomic E-state index is -0.478. The Morgan fingerprint density at radius 2 is 1.86 bits per heavy atom. The second-order valence-electron chi connectivity index (χ2n) is 7.05. The highest BCUT2D eigenvalue weighted by Crippen LogP contribution is 2.14. The molecule has 0 aromatic heterocycles.